The minimum absolute atomic E-state index is 0.272. The molecule has 0 fully saturated rings. The lowest BCUT2D eigenvalue weighted by molar-refractivity contribution is 0.166. The monoisotopic (exact) mass is 298 g/mol. The summed E-state index contributed by atoms with van der Waals surface area (Å²) >= 11 is 0. The van der Waals surface area contributed by atoms with Crippen LogP contribution in [0.2, 0.25) is 0 Å². The van der Waals surface area contributed by atoms with Crippen molar-refractivity contribution in [3.05, 3.63) is 24.3 Å². The molecule has 1 rings (SSSR count). The van der Waals surface area contributed by atoms with Gasteiger partial charge in [0.25, 0.3) is 0 Å². The number of phenols is 1. The van der Waals surface area contributed by atoms with Gasteiger partial charge in [0.2, 0.25) is 0 Å². The first-order chi connectivity index (χ1) is 7.97. The fourth-order valence-electron chi connectivity index (χ4n) is 1.06. The van der Waals surface area contributed by atoms with Crippen LogP contribution in [0.3, 0.4) is 0 Å². The second kappa shape index (κ2) is 4.66. The van der Waals surface area contributed by atoms with Crippen molar-refractivity contribution in [3.63, 3.8) is 0 Å². The van der Waals surface area contributed by atoms with E-state index in [-0.39, 0.29) is 11.5 Å². The highest BCUT2D eigenvalue weighted by Gasteiger charge is 2.59. The summed E-state index contributed by atoms with van der Waals surface area (Å²) in [5.41, 5.74) is 0. The molecule has 0 aliphatic heterocycles. The first-order valence-corrected chi connectivity index (χ1v) is 7.79. The van der Waals surface area contributed by atoms with Crippen molar-refractivity contribution in [1.29, 1.82) is 0 Å². The van der Waals surface area contributed by atoms with Crippen LogP contribution in [0.5, 0.6) is 11.5 Å². The third-order valence-electron chi connectivity index (χ3n) is 2.21. The largest absolute Gasteiger partial charge is 0.508 e. The van der Waals surface area contributed by atoms with E-state index in [1.54, 1.807) is 0 Å². The van der Waals surface area contributed by atoms with Crippen molar-refractivity contribution >= 4 is 15.2 Å². The minimum Gasteiger partial charge on any atom is -0.508 e. The molecular formula is C8H12O8P2. The zero-order valence-corrected chi connectivity index (χ0v) is 11.0. The van der Waals surface area contributed by atoms with Gasteiger partial charge in [0.15, 0.2) is 0 Å². The van der Waals surface area contributed by atoms with Crippen LogP contribution in [0.1, 0.15) is 6.92 Å². The maximum absolute atomic E-state index is 11.2. The van der Waals surface area contributed by atoms with E-state index in [1.807, 2.05) is 0 Å². The molecular weight excluding hydrogens is 286 g/mol. The maximum atomic E-state index is 11.2. The van der Waals surface area contributed by atoms with Crippen LogP contribution in [-0.2, 0) is 9.13 Å². The maximum Gasteiger partial charge on any atom is 0.381 e. The Morgan fingerprint density at radius 2 is 1.61 bits per heavy atom. The van der Waals surface area contributed by atoms with Crippen molar-refractivity contribution in [2.45, 2.75) is 12.0 Å². The Morgan fingerprint density at radius 1 is 1.11 bits per heavy atom. The fourth-order valence-corrected chi connectivity index (χ4v) is 2.87. The molecule has 0 spiro atoms. The van der Waals surface area contributed by atoms with Gasteiger partial charge in [-0.2, -0.15) is 0 Å². The fraction of sp³-hybridized carbons (Fsp3) is 0.250. The highest BCUT2D eigenvalue weighted by atomic mass is 31.2. The topological polar surface area (TPSA) is 145 Å². The van der Waals surface area contributed by atoms with Gasteiger partial charge in [-0.15, -0.1) is 0 Å². The average molecular weight is 298 g/mol. The zero-order chi connectivity index (χ0) is 14.2. The summed E-state index contributed by atoms with van der Waals surface area (Å²) in [6.45, 7) is 0.610. The summed E-state index contributed by atoms with van der Waals surface area (Å²) in [6, 6.07) is 4.73. The summed E-state index contributed by atoms with van der Waals surface area (Å²) in [5, 5.41) is 6.14. The number of hydrogen-bond acceptors (Lipinski definition) is 4. The molecule has 102 valence electrons. The Labute approximate surface area is 102 Å². The van der Waals surface area contributed by atoms with E-state index in [0.29, 0.717) is 6.92 Å². The predicted octanol–water partition coefficient (Wildman–Crippen LogP) is 0.800. The van der Waals surface area contributed by atoms with Gasteiger partial charge < -0.3 is 29.4 Å². The van der Waals surface area contributed by atoms with Gasteiger partial charge in [0.1, 0.15) is 11.5 Å². The van der Waals surface area contributed by atoms with Crippen molar-refractivity contribution in [2.24, 2.45) is 0 Å². The van der Waals surface area contributed by atoms with E-state index >= 15 is 0 Å². The van der Waals surface area contributed by atoms with Crippen molar-refractivity contribution in [3.8, 4) is 11.5 Å². The van der Waals surface area contributed by atoms with E-state index in [1.165, 1.54) is 18.2 Å². The predicted molar refractivity (Wildman–Crippen MR) is 61.2 cm³/mol. The molecule has 0 amide bonds. The van der Waals surface area contributed by atoms with Gasteiger partial charge in [-0.05, 0) is 19.1 Å². The number of phenolic OH excluding ortho intramolecular Hbond substituents is 1. The van der Waals surface area contributed by atoms with Gasteiger partial charge in [0.05, 0.1) is 0 Å². The third kappa shape index (κ3) is 2.92. The summed E-state index contributed by atoms with van der Waals surface area (Å²) in [7, 11) is -10.5. The lowest BCUT2D eigenvalue weighted by Crippen LogP contribution is -2.32. The average Bonchev–Trinajstić information content (AvgIpc) is 2.13. The van der Waals surface area contributed by atoms with Crippen molar-refractivity contribution < 1.29 is 38.5 Å². The van der Waals surface area contributed by atoms with E-state index in [2.05, 4.69) is 0 Å². The van der Waals surface area contributed by atoms with Crippen LogP contribution in [0, 0.1) is 0 Å². The zero-order valence-electron chi connectivity index (χ0n) is 9.16. The van der Waals surface area contributed by atoms with E-state index < -0.39 is 20.3 Å². The molecule has 0 bridgehead atoms. The summed E-state index contributed by atoms with van der Waals surface area (Å²) < 4.78 is 27.1. The van der Waals surface area contributed by atoms with Gasteiger partial charge in [-0.25, -0.2) is 0 Å². The Hall–Kier alpha value is -0.880. The molecule has 8 nitrogen and oxygen atoms in total. The number of aromatic hydroxyl groups is 1. The normalized spacial score (nSPS) is 13.4. The van der Waals surface area contributed by atoms with E-state index in [4.69, 9.17) is 29.4 Å². The van der Waals surface area contributed by atoms with Gasteiger partial charge in [-0.3, -0.25) is 9.13 Å². The van der Waals surface area contributed by atoms with E-state index in [0.717, 1.165) is 6.07 Å². The minimum atomic E-state index is -5.26. The number of hydrogen-bond donors (Lipinski definition) is 5. The molecule has 0 aliphatic rings. The number of benzene rings is 1. The second-order valence-corrected chi connectivity index (χ2v) is 7.86. The Bertz CT molecular complexity index is 508. The molecule has 0 atom stereocenters. The molecule has 18 heavy (non-hydrogen) atoms. The lowest BCUT2D eigenvalue weighted by atomic mass is 10.3. The Balaban J connectivity index is 3.25. The van der Waals surface area contributed by atoms with Gasteiger partial charge in [0, 0.05) is 6.07 Å². The van der Waals surface area contributed by atoms with E-state index in [9.17, 15) is 9.13 Å². The highest BCUT2D eigenvalue weighted by molar-refractivity contribution is 7.72. The molecule has 0 radical (unpaired) electrons. The second-order valence-electron chi connectivity index (χ2n) is 3.62. The molecule has 0 heterocycles. The van der Waals surface area contributed by atoms with Crippen LogP contribution < -0.4 is 4.74 Å². The Morgan fingerprint density at radius 3 is 2.00 bits per heavy atom. The molecule has 1 aromatic rings. The number of ether oxygens (including phenoxy) is 1. The first-order valence-electron chi connectivity index (χ1n) is 4.57. The SMILES string of the molecule is CC(Oc1cccc(O)c1)(P(=O)(O)O)P(=O)(O)O. The van der Waals surface area contributed by atoms with Crippen molar-refractivity contribution in [1.82, 2.24) is 0 Å². The van der Waals surface area contributed by atoms with Crippen LogP contribution in [-0.4, -0.2) is 29.8 Å². The van der Waals surface area contributed by atoms with Gasteiger partial charge >= 0.3 is 20.3 Å². The molecule has 0 aliphatic carbocycles. The van der Waals surface area contributed by atoms with Crippen molar-refractivity contribution in [2.75, 3.05) is 0 Å². The van der Waals surface area contributed by atoms with Crippen LogP contribution in [0.25, 0.3) is 0 Å². The van der Waals surface area contributed by atoms with Crippen LogP contribution >= 0.6 is 15.2 Å². The van der Waals surface area contributed by atoms with Crippen LogP contribution in [0.15, 0.2) is 24.3 Å². The molecule has 0 unspecified atom stereocenters. The molecule has 0 saturated carbocycles. The molecule has 10 heteroatoms. The summed E-state index contributed by atoms with van der Waals surface area (Å²) in [5.74, 6) is -0.546. The first kappa shape index (κ1) is 15.2. The lowest BCUT2D eigenvalue weighted by Gasteiger charge is -2.31. The molecule has 1 aromatic carbocycles. The highest BCUT2D eigenvalue weighted by Crippen LogP contribution is 2.68. The Kier molecular flexibility index (Phi) is 3.93. The third-order valence-corrected chi connectivity index (χ3v) is 6.12. The summed E-state index contributed by atoms with van der Waals surface area (Å²) in [6.07, 6.45) is 0. The number of rotatable bonds is 4. The van der Waals surface area contributed by atoms with Gasteiger partial charge in [-0.1, -0.05) is 6.07 Å². The molecule has 0 saturated heterocycles. The van der Waals surface area contributed by atoms with Crippen LogP contribution in [0.4, 0.5) is 0 Å². The summed E-state index contributed by atoms with van der Waals surface area (Å²) in [4.78, 5) is 36.1. The molecule has 5 N–H and O–H groups in total. The standard InChI is InChI=1S/C8H12O8P2/c1-8(17(10,11)12,18(13,14)15)16-7-4-2-3-6(9)5-7/h2-5,9H,1H3,(H2,10,11,12)(H2,13,14,15). The molecule has 0 aromatic heterocycles. The quantitative estimate of drug-likeness (QED) is 0.513. The smallest absolute Gasteiger partial charge is 0.381 e.